The number of nitrogens with zero attached hydrogens (tertiary/aromatic N) is 1. The van der Waals surface area contributed by atoms with Gasteiger partial charge in [0, 0.05) is 4.88 Å². The molecule has 8 heteroatoms. The van der Waals surface area contributed by atoms with E-state index in [1.54, 1.807) is 21.7 Å². The number of amides is 1. The number of rotatable bonds is 6. The molecule has 3 rings (SSSR count). The van der Waals surface area contributed by atoms with Crippen molar-refractivity contribution in [1.82, 2.24) is 9.62 Å². The zero-order chi connectivity index (χ0) is 20.3. The second-order valence-electron chi connectivity index (χ2n) is 7.35. The Balaban J connectivity index is 1.58. The summed E-state index contributed by atoms with van der Waals surface area (Å²) in [6.07, 6.45) is 0. The van der Waals surface area contributed by atoms with Crippen LogP contribution >= 0.6 is 11.3 Å². The SMILES string of the molecule is Cc1ccc(C)c(S(=O)(=O)N2CC[NH+]([C@H](C)C(=O)NCc3cccs3)CC2)c1. The summed E-state index contributed by atoms with van der Waals surface area (Å²) in [6.45, 7) is 8.27. The minimum Gasteiger partial charge on any atom is -0.346 e. The van der Waals surface area contributed by atoms with E-state index in [1.165, 1.54) is 0 Å². The number of nitrogens with one attached hydrogen (secondary N) is 2. The van der Waals surface area contributed by atoms with Crippen molar-refractivity contribution in [2.24, 2.45) is 0 Å². The van der Waals surface area contributed by atoms with Crippen LogP contribution in [-0.2, 0) is 21.4 Å². The first-order valence-corrected chi connectivity index (χ1v) is 11.8. The van der Waals surface area contributed by atoms with Gasteiger partial charge in [0.05, 0.1) is 37.6 Å². The lowest BCUT2D eigenvalue weighted by molar-refractivity contribution is -0.917. The fraction of sp³-hybridized carbons (Fsp3) is 0.450. The Bertz CT molecular complexity index is 918. The molecule has 1 aromatic carbocycles. The number of sulfonamides is 1. The molecule has 2 aromatic rings. The van der Waals surface area contributed by atoms with E-state index < -0.39 is 10.0 Å². The van der Waals surface area contributed by atoms with E-state index in [-0.39, 0.29) is 11.9 Å². The lowest BCUT2D eigenvalue weighted by Crippen LogP contribution is -3.19. The minimum absolute atomic E-state index is 0.00855. The highest BCUT2D eigenvalue weighted by atomic mass is 32.2. The lowest BCUT2D eigenvalue weighted by atomic mass is 10.2. The highest BCUT2D eigenvalue weighted by Crippen LogP contribution is 2.21. The molecule has 152 valence electrons. The van der Waals surface area contributed by atoms with E-state index in [0.29, 0.717) is 37.6 Å². The van der Waals surface area contributed by atoms with Gasteiger partial charge >= 0.3 is 0 Å². The van der Waals surface area contributed by atoms with E-state index >= 15 is 0 Å². The third-order valence-electron chi connectivity index (χ3n) is 5.35. The van der Waals surface area contributed by atoms with Crippen molar-refractivity contribution < 1.29 is 18.1 Å². The van der Waals surface area contributed by atoms with Crippen LogP contribution in [0.15, 0.2) is 40.6 Å². The Morgan fingerprint density at radius 2 is 1.96 bits per heavy atom. The number of hydrogen-bond donors (Lipinski definition) is 2. The summed E-state index contributed by atoms with van der Waals surface area (Å²) in [7, 11) is -3.50. The Hall–Kier alpha value is -1.74. The molecule has 0 saturated carbocycles. The molecule has 1 aromatic heterocycles. The summed E-state index contributed by atoms with van der Waals surface area (Å²) in [6, 6.07) is 9.28. The summed E-state index contributed by atoms with van der Waals surface area (Å²) >= 11 is 1.62. The van der Waals surface area contributed by atoms with Gasteiger partial charge in [-0.3, -0.25) is 4.79 Å². The first-order chi connectivity index (χ1) is 13.3. The second-order valence-corrected chi connectivity index (χ2v) is 10.3. The minimum atomic E-state index is -3.50. The maximum Gasteiger partial charge on any atom is 0.278 e. The number of aryl methyl sites for hydroxylation is 2. The third-order valence-corrected chi connectivity index (χ3v) is 8.27. The average molecular weight is 423 g/mol. The van der Waals surface area contributed by atoms with E-state index in [1.807, 2.05) is 50.4 Å². The second kappa shape index (κ2) is 8.73. The van der Waals surface area contributed by atoms with Crippen LogP contribution in [0.25, 0.3) is 0 Å². The molecule has 1 aliphatic rings. The van der Waals surface area contributed by atoms with Gasteiger partial charge in [-0.2, -0.15) is 4.31 Å². The summed E-state index contributed by atoms with van der Waals surface area (Å²) in [5, 5.41) is 4.97. The topological polar surface area (TPSA) is 70.9 Å². The van der Waals surface area contributed by atoms with Crippen molar-refractivity contribution in [2.75, 3.05) is 26.2 Å². The largest absolute Gasteiger partial charge is 0.346 e. The van der Waals surface area contributed by atoms with Crippen LogP contribution in [0.2, 0.25) is 0 Å². The van der Waals surface area contributed by atoms with Crippen LogP contribution in [0.4, 0.5) is 0 Å². The normalized spacial score (nSPS) is 17.4. The summed E-state index contributed by atoms with van der Waals surface area (Å²) in [5.74, 6) is 0.00855. The average Bonchev–Trinajstić information content (AvgIpc) is 3.21. The van der Waals surface area contributed by atoms with Gasteiger partial charge in [-0.1, -0.05) is 18.2 Å². The molecule has 2 N–H and O–H groups in total. The maximum absolute atomic E-state index is 13.0. The maximum atomic E-state index is 13.0. The quantitative estimate of drug-likeness (QED) is 0.729. The molecule has 1 aliphatic heterocycles. The van der Waals surface area contributed by atoms with E-state index in [2.05, 4.69) is 5.32 Å². The summed E-state index contributed by atoms with van der Waals surface area (Å²) < 4.78 is 27.6. The lowest BCUT2D eigenvalue weighted by Gasteiger charge is -2.34. The molecule has 28 heavy (non-hydrogen) atoms. The molecule has 1 saturated heterocycles. The molecule has 0 spiro atoms. The Morgan fingerprint density at radius 1 is 1.25 bits per heavy atom. The van der Waals surface area contributed by atoms with Crippen molar-refractivity contribution in [1.29, 1.82) is 0 Å². The zero-order valence-corrected chi connectivity index (χ0v) is 18.2. The molecule has 0 radical (unpaired) electrons. The van der Waals surface area contributed by atoms with Gasteiger partial charge in [-0.05, 0) is 49.4 Å². The van der Waals surface area contributed by atoms with Crippen molar-refractivity contribution >= 4 is 27.3 Å². The number of carbonyl (C=O) groups excluding carboxylic acids is 1. The molecule has 1 amide bonds. The molecule has 2 heterocycles. The van der Waals surface area contributed by atoms with Gasteiger partial charge in [0.1, 0.15) is 0 Å². The first kappa shape index (κ1) is 21.0. The standard InChI is InChI=1S/C20H27N3O3S2/c1-15-6-7-16(2)19(13-15)28(25,26)23-10-8-22(9-11-23)17(3)20(24)21-14-18-5-4-12-27-18/h4-7,12-13,17H,8-11,14H2,1-3H3,(H,21,24)/p+1/t17-/m1/s1. The van der Waals surface area contributed by atoms with Crippen molar-refractivity contribution in [3.05, 3.63) is 51.7 Å². The molecular weight excluding hydrogens is 394 g/mol. The number of hydrogen-bond acceptors (Lipinski definition) is 4. The first-order valence-electron chi connectivity index (χ1n) is 9.51. The highest BCUT2D eigenvalue weighted by molar-refractivity contribution is 7.89. The van der Waals surface area contributed by atoms with Crippen LogP contribution in [0.3, 0.4) is 0 Å². The highest BCUT2D eigenvalue weighted by Gasteiger charge is 2.34. The molecule has 6 nitrogen and oxygen atoms in total. The summed E-state index contributed by atoms with van der Waals surface area (Å²) in [5.41, 5.74) is 1.70. The van der Waals surface area contributed by atoms with E-state index in [9.17, 15) is 13.2 Å². The number of thiophene rings is 1. The monoisotopic (exact) mass is 422 g/mol. The number of carbonyl (C=O) groups is 1. The summed E-state index contributed by atoms with van der Waals surface area (Å²) in [4.78, 5) is 15.1. The molecular formula is C20H28N3O3S2+. The Morgan fingerprint density at radius 3 is 2.61 bits per heavy atom. The Kier molecular flexibility index (Phi) is 6.54. The fourth-order valence-electron chi connectivity index (χ4n) is 3.50. The van der Waals surface area contributed by atoms with Gasteiger partial charge in [0.2, 0.25) is 10.0 Å². The van der Waals surface area contributed by atoms with Crippen LogP contribution in [-0.4, -0.2) is 50.9 Å². The van der Waals surface area contributed by atoms with Crippen molar-refractivity contribution in [3.63, 3.8) is 0 Å². The predicted molar refractivity (Wildman–Crippen MR) is 111 cm³/mol. The number of benzene rings is 1. The van der Waals surface area contributed by atoms with E-state index in [4.69, 9.17) is 0 Å². The van der Waals surface area contributed by atoms with Gasteiger partial charge in [-0.15, -0.1) is 11.3 Å². The fourth-order valence-corrected chi connectivity index (χ4v) is 5.89. The number of piperazine rings is 1. The van der Waals surface area contributed by atoms with Gasteiger partial charge in [-0.25, -0.2) is 8.42 Å². The van der Waals surface area contributed by atoms with Crippen LogP contribution in [0.1, 0.15) is 22.9 Å². The zero-order valence-electron chi connectivity index (χ0n) is 16.6. The molecule has 0 aliphatic carbocycles. The van der Waals surface area contributed by atoms with Gasteiger partial charge < -0.3 is 10.2 Å². The number of quaternary nitrogens is 1. The van der Waals surface area contributed by atoms with Crippen LogP contribution < -0.4 is 10.2 Å². The Labute approximate surface area is 171 Å². The van der Waals surface area contributed by atoms with Crippen molar-refractivity contribution in [3.8, 4) is 0 Å². The van der Waals surface area contributed by atoms with Crippen molar-refractivity contribution in [2.45, 2.75) is 38.3 Å². The molecule has 1 fully saturated rings. The van der Waals surface area contributed by atoms with Crippen LogP contribution in [0.5, 0.6) is 0 Å². The van der Waals surface area contributed by atoms with E-state index in [0.717, 1.165) is 20.9 Å². The predicted octanol–water partition coefficient (Wildman–Crippen LogP) is 0.959. The molecule has 0 bridgehead atoms. The molecule has 0 unspecified atom stereocenters. The third kappa shape index (κ3) is 4.63. The van der Waals surface area contributed by atoms with Crippen LogP contribution in [0, 0.1) is 13.8 Å². The van der Waals surface area contributed by atoms with Gasteiger partial charge in [0.15, 0.2) is 6.04 Å². The van der Waals surface area contributed by atoms with Gasteiger partial charge in [0.25, 0.3) is 5.91 Å². The smallest absolute Gasteiger partial charge is 0.278 e. The molecule has 1 atom stereocenters.